The predicted molar refractivity (Wildman–Crippen MR) is 291 cm³/mol. The Balaban J connectivity index is 0.000000190. The molecule has 0 aromatic heterocycles. The molecule has 0 bridgehead atoms. The van der Waals surface area contributed by atoms with E-state index in [9.17, 15) is 38.8 Å². The van der Waals surface area contributed by atoms with Crippen LogP contribution in [0.25, 0.3) is 0 Å². The maximum Gasteiger partial charge on any atom is 0.262 e. The number of nitrogen functional groups attached to an aromatic ring is 1. The lowest BCUT2D eigenvalue weighted by molar-refractivity contribution is -0.119. The summed E-state index contributed by atoms with van der Waals surface area (Å²) in [4.78, 5) is 91.2. The Morgan fingerprint density at radius 1 is 0.519 bits per heavy atom. The number of nitrogens with zero attached hydrogens (tertiary/aromatic N) is 4. The standard InChI is InChI=1S/C20H19N3O4.C19H18N2O5.C19H20N2O4.CH4/c1-3-27-18-10-12(4-7-17(18)26-2)16(8-9-21)23-19(24)14-6-5-13(22)11-15(14)20(23)25;1-25-15-8-7-11(9-16(15)26-2)14(10-17(20)22)21-18(23)12-5-3-4-6-13(12)19(21)24;1-24-16-8-7-12(9-17(16)25-2)15(10-18(20)22)21-11-13-5-3-4-6-14(13)19(21)23;/h4-7,10-11,16H,3,8,22H2,1-2H3;3-9,14H,10H2,1-2H3,(H2,20,22);3-9,15H,10-11H2,1-2H3,(H2,20,22);1H4. The Morgan fingerprint density at radius 3 is 1.42 bits per heavy atom. The van der Waals surface area contributed by atoms with Crippen molar-refractivity contribution in [2.75, 3.05) is 47.9 Å². The molecule has 3 unspecified atom stereocenters. The number of imide groups is 2. The summed E-state index contributed by atoms with van der Waals surface area (Å²) in [7, 11) is 7.61. The van der Waals surface area contributed by atoms with E-state index in [4.69, 9.17) is 45.6 Å². The molecule has 79 heavy (non-hydrogen) atoms. The van der Waals surface area contributed by atoms with Gasteiger partial charge in [0.25, 0.3) is 29.5 Å². The second-order valence-corrected chi connectivity index (χ2v) is 17.7. The van der Waals surface area contributed by atoms with Crippen molar-refractivity contribution in [3.8, 4) is 40.6 Å². The molecule has 9 rings (SSSR count). The fourth-order valence-electron chi connectivity index (χ4n) is 9.46. The lowest BCUT2D eigenvalue weighted by atomic mass is 10.0. The van der Waals surface area contributed by atoms with Crippen LogP contribution in [-0.2, 0) is 16.1 Å². The molecule has 3 atom stereocenters. The number of carbonyl (C=O) groups excluding carboxylic acids is 7. The molecule has 0 saturated carbocycles. The number of methoxy groups -OCH3 is 5. The van der Waals surface area contributed by atoms with Crippen molar-refractivity contribution in [3.05, 3.63) is 171 Å². The first-order valence-corrected chi connectivity index (χ1v) is 24.4. The van der Waals surface area contributed by atoms with Crippen LogP contribution >= 0.6 is 0 Å². The van der Waals surface area contributed by atoms with Crippen molar-refractivity contribution in [1.29, 1.82) is 5.26 Å². The van der Waals surface area contributed by atoms with E-state index >= 15 is 0 Å². The zero-order chi connectivity index (χ0) is 56.4. The van der Waals surface area contributed by atoms with Gasteiger partial charge >= 0.3 is 0 Å². The molecule has 0 saturated heterocycles. The SMILES string of the molecule is C.CCOc1cc(C(CC#N)N2C(=O)c3ccc(N)cc3C2=O)ccc1OC.COc1ccc(C(CC(N)=O)N2C(=O)c3ccccc3C2=O)cc1OC.COc1ccc(C(CC(N)=O)N2Cc3ccccc3C2=O)cc1OC. The van der Waals surface area contributed by atoms with E-state index in [2.05, 4.69) is 6.07 Å². The van der Waals surface area contributed by atoms with Crippen LogP contribution < -0.4 is 45.6 Å². The average Bonchev–Trinajstić information content (AvgIpc) is 4.19. The van der Waals surface area contributed by atoms with Crippen LogP contribution in [0.5, 0.6) is 34.5 Å². The molecule has 0 spiro atoms. The number of rotatable bonds is 18. The zero-order valence-electron chi connectivity index (χ0n) is 43.6. The molecule has 20 heteroatoms. The monoisotopic (exact) mass is 1080 g/mol. The summed E-state index contributed by atoms with van der Waals surface area (Å²) in [6.45, 7) is 2.71. The molecular weight excluding hydrogens is 1010 g/mol. The van der Waals surface area contributed by atoms with Crippen LogP contribution in [0.3, 0.4) is 0 Å². The summed E-state index contributed by atoms with van der Waals surface area (Å²) in [6, 6.07) is 34.1. The van der Waals surface area contributed by atoms with Gasteiger partial charge in [-0.15, -0.1) is 0 Å². The van der Waals surface area contributed by atoms with E-state index in [1.165, 1.54) is 33.5 Å². The van der Waals surface area contributed by atoms with Crippen LogP contribution in [0.15, 0.2) is 121 Å². The quantitative estimate of drug-likeness (QED) is 0.0548. The van der Waals surface area contributed by atoms with Gasteiger partial charge in [0.1, 0.15) is 0 Å². The number of hydrogen-bond acceptors (Lipinski definition) is 15. The number of benzene rings is 6. The van der Waals surface area contributed by atoms with E-state index in [0.717, 1.165) is 20.9 Å². The highest BCUT2D eigenvalue weighted by Gasteiger charge is 2.43. The molecule has 20 nitrogen and oxygen atoms in total. The molecular formula is C59H61N7O13. The summed E-state index contributed by atoms with van der Waals surface area (Å²) in [5, 5.41) is 9.29. The Labute approximate surface area is 457 Å². The van der Waals surface area contributed by atoms with Gasteiger partial charge in [0.15, 0.2) is 34.5 Å². The third-order valence-electron chi connectivity index (χ3n) is 13.1. The predicted octanol–water partition coefficient (Wildman–Crippen LogP) is 7.76. The fraction of sp³-hybridized carbons (Fsp3) is 0.254. The third-order valence-corrected chi connectivity index (χ3v) is 13.1. The summed E-state index contributed by atoms with van der Waals surface area (Å²) < 4.78 is 31.9. The van der Waals surface area contributed by atoms with Crippen molar-refractivity contribution >= 4 is 47.0 Å². The van der Waals surface area contributed by atoms with Crippen molar-refractivity contribution in [1.82, 2.24) is 14.7 Å². The molecule has 0 fully saturated rings. The fourth-order valence-corrected chi connectivity index (χ4v) is 9.46. The van der Waals surface area contributed by atoms with Crippen LogP contribution in [0.1, 0.15) is 126 Å². The highest BCUT2D eigenvalue weighted by molar-refractivity contribution is 6.22. The Morgan fingerprint density at radius 2 is 0.937 bits per heavy atom. The molecule has 6 aromatic carbocycles. The topological polar surface area (TPSA) is 286 Å². The molecule has 0 radical (unpaired) electrons. The normalized spacial score (nSPS) is 13.9. The highest BCUT2D eigenvalue weighted by Crippen LogP contribution is 2.41. The van der Waals surface area contributed by atoms with E-state index in [-0.39, 0.29) is 43.7 Å². The maximum absolute atomic E-state index is 12.9. The average molecular weight is 1080 g/mol. The molecule has 3 aliphatic rings. The Kier molecular flexibility index (Phi) is 19.0. The summed E-state index contributed by atoms with van der Waals surface area (Å²) in [5.74, 6) is 0.0686. The van der Waals surface area contributed by atoms with Crippen LogP contribution in [0.2, 0.25) is 0 Å². The Bertz CT molecular complexity index is 3320. The second-order valence-electron chi connectivity index (χ2n) is 17.7. The van der Waals surface area contributed by atoms with Crippen molar-refractivity contribution in [2.45, 2.75) is 58.3 Å². The van der Waals surface area contributed by atoms with Crippen molar-refractivity contribution in [2.24, 2.45) is 11.5 Å². The first-order valence-electron chi connectivity index (χ1n) is 24.4. The molecule has 7 amide bonds. The molecule has 6 N–H and O–H groups in total. The number of fused-ring (bicyclic) bond motifs is 3. The van der Waals surface area contributed by atoms with E-state index in [1.54, 1.807) is 104 Å². The van der Waals surface area contributed by atoms with E-state index in [1.807, 2.05) is 31.2 Å². The summed E-state index contributed by atoms with van der Waals surface area (Å²) in [6.07, 6.45) is -0.199. The minimum Gasteiger partial charge on any atom is -0.493 e. The Hall–Kier alpha value is -9.90. The number of primary amides is 2. The molecule has 410 valence electrons. The molecule has 3 aliphatic heterocycles. The van der Waals surface area contributed by atoms with E-state index in [0.29, 0.717) is 81.2 Å². The molecule has 3 heterocycles. The number of amides is 7. The number of carbonyl (C=O) groups is 7. The summed E-state index contributed by atoms with van der Waals surface area (Å²) in [5.41, 5.74) is 21.7. The van der Waals surface area contributed by atoms with E-state index < -0.39 is 53.6 Å². The minimum absolute atomic E-state index is 0. The van der Waals surface area contributed by atoms with Gasteiger partial charge < -0.3 is 50.5 Å². The van der Waals surface area contributed by atoms with Gasteiger partial charge in [-0.2, -0.15) is 5.26 Å². The first kappa shape index (κ1) is 58.4. The van der Waals surface area contributed by atoms with Gasteiger partial charge in [0.2, 0.25) is 11.8 Å². The number of ether oxygens (including phenoxy) is 6. The number of anilines is 1. The highest BCUT2D eigenvalue weighted by atomic mass is 16.5. The third kappa shape index (κ3) is 12.2. The lowest BCUT2D eigenvalue weighted by Crippen LogP contribution is -2.36. The zero-order valence-corrected chi connectivity index (χ0v) is 43.6. The summed E-state index contributed by atoms with van der Waals surface area (Å²) >= 11 is 0. The number of nitriles is 1. The van der Waals surface area contributed by atoms with Gasteiger partial charge in [-0.1, -0.05) is 56.0 Å². The van der Waals surface area contributed by atoms with Gasteiger partial charge in [0.05, 0.1) is 108 Å². The molecule has 0 aliphatic carbocycles. The number of hydrogen-bond donors (Lipinski definition) is 3. The van der Waals surface area contributed by atoms with Gasteiger partial charge in [-0.3, -0.25) is 43.4 Å². The van der Waals surface area contributed by atoms with Gasteiger partial charge in [-0.25, -0.2) is 0 Å². The van der Waals surface area contributed by atoms with Crippen molar-refractivity contribution in [3.63, 3.8) is 0 Å². The minimum atomic E-state index is -0.834. The van der Waals surface area contributed by atoms with Gasteiger partial charge in [-0.05, 0) is 102 Å². The van der Waals surface area contributed by atoms with Gasteiger partial charge in [0, 0.05) is 17.8 Å². The second kappa shape index (κ2) is 25.8. The lowest BCUT2D eigenvalue weighted by Gasteiger charge is -2.28. The first-order chi connectivity index (χ1) is 37.5. The smallest absolute Gasteiger partial charge is 0.262 e. The number of nitrogens with two attached hydrogens (primary N) is 3. The maximum atomic E-state index is 12.9. The molecule has 6 aromatic rings. The van der Waals surface area contributed by atoms with Crippen LogP contribution in [0.4, 0.5) is 5.69 Å². The van der Waals surface area contributed by atoms with Crippen LogP contribution in [-0.4, -0.2) is 98.2 Å². The van der Waals surface area contributed by atoms with Crippen LogP contribution in [0, 0.1) is 11.3 Å². The van der Waals surface area contributed by atoms with Crippen molar-refractivity contribution < 1.29 is 62.0 Å². The largest absolute Gasteiger partial charge is 0.493 e.